The number of benzene rings is 2. The standard InChI is InChI=1S/C22H22FN5O/c23-18-4-1-15(2-5-18)16-3-6-19(24)17(11-16)12-21(29)20-13-27-22(14-26-20)28-9-7-25-8-10-28/h1-6,11,13-14,25H,7-10,12,24H2. The minimum Gasteiger partial charge on any atom is -0.398 e. The Bertz CT molecular complexity index is 999. The number of nitrogen functional groups attached to an aromatic ring is 1. The predicted octanol–water partition coefficient (Wildman–Crippen LogP) is 2.70. The van der Waals surface area contributed by atoms with E-state index >= 15 is 0 Å². The highest BCUT2D eigenvalue weighted by Crippen LogP contribution is 2.25. The molecule has 3 aromatic rings. The molecule has 0 unspecified atom stereocenters. The van der Waals surface area contributed by atoms with E-state index in [0.29, 0.717) is 16.9 Å². The van der Waals surface area contributed by atoms with Gasteiger partial charge in [-0.15, -0.1) is 0 Å². The van der Waals surface area contributed by atoms with Crippen molar-refractivity contribution in [3.05, 3.63) is 71.9 Å². The van der Waals surface area contributed by atoms with Crippen molar-refractivity contribution in [3.63, 3.8) is 0 Å². The first-order valence-electron chi connectivity index (χ1n) is 9.55. The minimum atomic E-state index is -0.289. The number of ketones is 1. The van der Waals surface area contributed by atoms with Crippen LogP contribution in [0.1, 0.15) is 16.1 Å². The molecule has 0 aliphatic carbocycles. The Labute approximate surface area is 168 Å². The molecule has 0 amide bonds. The van der Waals surface area contributed by atoms with E-state index in [1.807, 2.05) is 12.1 Å². The number of carbonyl (C=O) groups excluding carboxylic acids is 1. The molecule has 148 valence electrons. The van der Waals surface area contributed by atoms with Crippen LogP contribution in [0.4, 0.5) is 15.9 Å². The summed E-state index contributed by atoms with van der Waals surface area (Å²) in [5.74, 6) is 0.343. The van der Waals surface area contributed by atoms with Crippen LogP contribution in [0, 0.1) is 5.82 Å². The molecule has 2 aromatic carbocycles. The fraction of sp³-hybridized carbons (Fsp3) is 0.227. The third-order valence-corrected chi connectivity index (χ3v) is 5.04. The number of halogens is 1. The Kier molecular flexibility index (Phi) is 5.48. The van der Waals surface area contributed by atoms with Crippen molar-refractivity contribution in [2.45, 2.75) is 6.42 Å². The van der Waals surface area contributed by atoms with Crippen LogP contribution in [0.2, 0.25) is 0 Å². The van der Waals surface area contributed by atoms with E-state index in [0.717, 1.165) is 43.1 Å². The maximum atomic E-state index is 13.2. The number of hydrogen-bond acceptors (Lipinski definition) is 6. The van der Waals surface area contributed by atoms with Gasteiger partial charge < -0.3 is 16.0 Å². The zero-order chi connectivity index (χ0) is 20.2. The van der Waals surface area contributed by atoms with Gasteiger partial charge in [-0.05, 0) is 41.0 Å². The maximum absolute atomic E-state index is 13.2. The highest BCUT2D eigenvalue weighted by atomic mass is 19.1. The van der Waals surface area contributed by atoms with Crippen LogP contribution >= 0.6 is 0 Å². The molecule has 1 aromatic heterocycles. The van der Waals surface area contributed by atoms with E-state index in [2.05, 4.69) is 20.2 Å². The van der Waals surface area contributed by atoms with Crippen molar-refractivity contribution in [1.29, 1.82) is 0 Å². The second-order valence-corrected chi connectivity index (χ2v) is 7.02. The Morgan fingerprint density at radius 3 is 2.45 bits per heavy atom. The summed E-state index contributed by atoms with van der Waals surface area (Å²) in [6.45, 7) is 3.56. The van der Waals surface area contributed by atoms with E-state index in [1.54, 1.807) is 24.4 Å². The molecule has 1 fully saturated rings. The Hall–Kier alpha value is -3.32. The second-order valence-electron chi connectivity index (χ2n) is 7.02. The topological polar surface area (TPSA) is 84.1 Å². The van der Waals surface area contributed by atoms with Crippen molar-refractivity contribution in [3.8, 4) is 11.1 Å². The summed E-state index contributed by atoms with van der Waals surface area (Å²) in [6, 6.07) is 11.7. The molecule has 6 nitrogen and oxygen atoms in total. The van der Waals surface area contributed by atoms with Crippen LogP contribution in [0.25, 0.3) is 11.1 Å². The smallest absolute Gasteiger partial charge is 0.187 e. The van der Waals surface area contributed by atoms with Gasteiger partial charge in [0.25, 0.3) is 0 Å². The molecule has 0 saturated carbocycles. The van der Waals surface area contributed by atoms with Crippen molar-refractivity contribution in [2.24, 2.45) is 0 Å². The van der Waals surface area contributed by atoms with Crippen molar-refractivity contribution >= 4 is 17.3 Å². The summed E-state index contributed by atoms with van der Waals surface area (Å²) >= 11 is 0. The number of nitrogens with zero attached hydrogens (tertiary/aromatic N) is 3. The normalized spacial score (nSPS) is 14.0. The van der Waals surface area contributed by atoms with Crippen LogP contribution in [-0.2, 0) is 6.42 Å². The summed E-state index contributed by atoms with van der Waals surface area (Å²) in [4.78, 5) is 23.6. The molecule has 0 radical (unpaired) electrons. The molecule has 2 heterocycles. The molecular formula is C22H22FN5O. The quantitative estimate of drug-likeness (QED) is 0.514. The molecule has 3 N–H and O–H groups in total. The van der Waals surface area contributed by atoms with Gasteiger partial charge >= 0.3 is 0 Å². The van der Waals surface area contributed by atoms with Crippen molar-refractivity contribution in [1.82, 2.24) is 15.3 Å². The number of piperazine rings is 1. The fourth-order valence-electron chi connectivity index (χ4n) is 3.37. The van der Waals surface area contributed by atoms with Crippen LogP contribution in [0.3, 0.4) is 0 Å². The highest BCUT2D eigenvalue weighted by Gasteiger charge is 2.15. The summed E-state index contributed by atoms with van der Waals surface area (Å²) in [6.07, 6.45) is 3.30. The monoisotopic (exact) mass is 391 g/mol. The number of nitrogens with one attached hydrogen (secondary N) is 1. The van der Waals surface area contributed by atoms with Gasteiger partial charge in [-0.3, -0.25) is 4.79 Å². The van der Waals surface area contributed by atoms with Gasteiger partial charge in [0.15, 0.2) is 5.78 Å². The first-order valence-corrected chi connectivity index (χ1v) is 9.55. The highest BCUT2D eigenvalue weighted by molar-refractivity contribution is 5.96. The average molecular weight is 391 g/mol. The molecule has 1 aliphatic heterocycles. The molecule has 29 heavy (non-hydrogen) atoms. The first kappa shape index (κ1) is 19.0. The van der Waals surface area contributed by atoms with E-state index in [1.165, 1.54) is 18.3 Å². The SMILES string of the molecule is Nc1ccc(-c2ccc(F)cc2)cc1CC(=O)c1cnc(N2CCNCC2)cn1. The number of nitrogens with two attached hydrogens (primary N) is 1. The van der Waals surface area contributed by atoms with Crippen molar-refractivity contribution < 1.29 is 9.18 Å². The van der Waals surface area contributed by atoms with Gasteiger partial charge in [-0.25, -0.2) is 14.4 Å². The fourth-order valence-corrected chi connectivity index (χ4v) is 3.37. The summed E-state index contributed by atoms with van der Waals surface area (Å²) in [5, 5.41) is 3.29. The van der Waals surface area contributed by atoms with E-state index < -0.39 is 0 Å². The second kappa shape index (κ2) is 8.36. The van der Waals surface area contributed by atoms with Gasteiger partial charge in [0.1, 0.15) is 17.3 Å². The van der Waals surface area contributed by atoms with Crippen LogP contribution in [0.5, 0.6) is 0 Å². The summed E-state index contributed by atoms with van der Waals surface area (Å²) in [7, 11) is 0. The third-order valence-electron chi connectivity index (χ3n) is 5.04. The van der Waals surface area contributed by atoms with Crippen LogP contribution in [-0.4, -0.2) is 41.9 Å². The lowest BCUT2D eigenvalue weighted by atomic mass is 9.98. The molecule has 0 atom stereocenters. The molecule has 1 aliphatic rings. The van der Waals surface area contributed by atoms with Crippen molar-refractivity contribution in [2.75, 3.05) is 36.8 Å². The van der Waals surface area contributed by atoms with E-state index in [-0.39, 0.29) is 18.0 Å². The molecule has 4 rings (SSSR count). The Morgan fingerprint density at radius 2 is 1.76 bits per heavy atom. The number of carbonyl (C=O) groups is 1. The number of hydrogen-bond donors (Lipinski definition) is 2. The largest absolute Gasteiger partial charge is 0.398 e. The molecule has 7 heteroatoms. The molecule has 1 saturated heterocycles. The number of rotatable bonds is 5. The minimum absolute atomic E-state index is 0.128. The average Bonchev–Trinajstić information content (AvgIpc) is 2.76. The Morgan fingerprint density at radius 1 is 1.03 bits per heavy atom. The van der Waals surface area contributed by atoms with E-state index in [4.69, 9.17) is 5.73 Å². The van der Waals surface area contributed by atoms with Gasteiger partial charge in [-0.1, -0.05) is 18.2 Å². The number of anilines is 2. The van der Waals surface area contributed by atoms with Gasteiger partial charge in [0.2, 0.25) is 0 Å². The zero-order valence-corrected chi connectivity index (χ0v) is 15.9. The third kappa shape index (κ3) is 4.41. The molecular weight excluding hydrogens is 369 g/mol. The summed E-state index contributed by atoms with van der Waals surface area (Å²) in [5.41, 5.74) is 9.38. The lowest BCUT2D eigenvalue weighted by Gasteiger charge is -2.27. The number of aromatic nitrogens is 2. The molecule has 0 bridgehead atoms. The molecule has 0 spiro atoms. The zero-order valence-electron chi connectivity index (χ0n) is 15.9. The van der Waals surface area contributed by atoms with Gasteiger partial charge in [-0.2, -0.15) is 0 Å². The first-order chi connectivity index (χ1) is 14.1. The van der Waals surface area contributed by atoms with Crippen LogP contribution < -0.4 is 16.0 Å². The van der Waals surface area contributed by atoms with Gasteiger partial charge in [0.05, 0.1) is 12.4 Å². The van der Waals surface area contributed by atoms with E-state index in [9.17, 15) is 9.18 Å². The Balaban J connectivity index is 1.50. The summed E-state index contributed by atoms with van der Waals surface area (Å²) < 4.78 is 13.2. The van der Waals surface area contributed by atoms with Crippen LogP contribution in [0.15, 0.2) is 54.9 Å². The van der Waals surface area contributed by atoms with Gasteiger partial charge in [0, 0.05) is 38.3 Å². The lowest BCUT2D eigenvalue weighted by molar-refractivity contribution is 0.0988. The maximum Gasteiger partial charge on any atom is 0.187 e. The lowest BCUT2D eigenvalue weighted by Crippen LogP contribution is -2.43. The predicted molar refractivity (Wildman–Crippen MR) is 111 cm³/mol. The number of Topliss-reactive ketones (excluding diaryl/α,β-unsaturated/α-hetero) is 1.